The highest BCUT2D eigenvalue weighted by molar-refractivity contribution is 5.78. The molecule has 36 heavy (non-hydrogen) atoms. The number of carbonyl (C=O) groups excluding carboxylic acids is 1. The number of amides is 1. The summed E-state index contributed by atoms with van der Waals surface area (Å²) in [6.07, 6.45) is 7.36. The first-order valence-corrected chi connectivity index (χ1v) is 13.2. The van der Waals surface area contributed by atoms with Crippen LogP contribution in [0.1, 0.15) is 56.7 Å². The molecule has 1 aromatic carbocycles. The molecule has 0 unspecified atom stereocenters. The van der Waals surface area contributed by atoms with Gasteiger partial charge in [-0.05, 0) is 31.4 Å². The highest BCUT2D eigenvalue weighted by Gasteiger charge is 2.25. The molecule has 1 aliphatic heterocycles. The maximum absolute atomic E-state index is 13.3. The average Bonchev–Trinajstić information content (AvgIpc) is 3.09. The average molecular weight is 493 g/mol. The molecular formula is C27H36N6O3. The molecule has 2 aliphatic rings. The van der Waals surface area contributed by atoms with Gasteiger partial charge in [-0.15, -0.1) is 0 Å². The number of rotatable bonds is 5. The minimum absolute atomic E-state index is 0.141. The SMILES string of the molecule is Cn1c(N2CCCN(C(=O)CCn3c(C4CCCCC4)nc4ccccc43)CC2)cc(=O)n(C)c1=O. The second-order valence-corrected chi connectivity index (χ2v) is 10.2. The van der Waals surface area contributed by atoms with Crippen molar-refractivity contribution in [3.05, 3.63) is 57.0 Å². The van der Waals surface area contributed by atoms with Crippen molar-refractivity contribution < 1.29 is 4.79 Å². The summed E-state index contributed by atoms with van der Waals surface area (Å²) in [6, 6.07) is 9.75. The van der Waals surface area contributed by atoms with Gasteiger partial charge in [0.25, 0.3) is 5.56 Å². The summed E-state index contributed by atoms with van der Waals surface area (Å²) in [5.41, 5.74) is 1.47. The van der Waals surface area contributed by atoms with Crippen LogP contribution >= 0.6 is 0 Å². The van der Waals surface area contributed by atoms with Gasteiger partial charge in [-0.2, -0.15) is 0 Å². The summed E-state index contributed by atoms with van der Waals surface area (Å²) < 4.78 is 4.90. The van der Waals surface area contributed by atoms with Gasteiger partial charge in [-0.3, -0.25) is 18.7 Å². The summed E-state index contributed by atoms with van der Waals surface area (Å²) in [4.78, 5) is 46.8. The van der Waals surface area contributed by atoms with Gasteiger partial charge < -0.3 is 14.4 Å². The van der Waals surface area contributed by atoms with Gasteiger partial charge in [0, 0.05) is 65.2 Å². The number of fused-ring (bicyclic) bond motifs is 1. The molecule has 3 heterocycles. The Morgan fingerprint density at radius 3 is 2.53 bits per heavy atom. The zero-order chi connectivity index (χ0) is 25.2. The van der Waals surface area contributed by atoms with Crippen LogP contribution in [0.5, 0.6) is 0 Å². The highest BCUT2D eigenvalue weighted by atomic mass is 16.2. The molecule has 2 aromatic heterocycles. The van der Waals surface area contributed by atoms with Crippen LogP contribution in [-0.2, 0) is 25.4 Å². The number of benzene rings is 1. The van der Waals surface area contributed by atoms with Crippen LogP contribution in [0.15, 0.2) is 39.9 Å². The van der Waals surface area contributed by atoms with Gasteiger partial charge in [-0.1, -0.05) is 31.4 Å². The summed E-state index contributed by atoms with van der Waals surface area (Å²) in [5, 5.41) is 0. The number of aromatic nitrogens is 4. The standard InChI is InChI=1S/C27H36N6O3/c1-29-23(19-25(35)30(2)27(29)36)31-14-8-15-32(18-17-31)24(34)13-16-33-22-12-7-6-11-21(22)28-26(33)20-9-4-3-5-10-20/h6-7,11-12,19-20H,3-5,8-10,13-18H2,1-2H3. The van der Waals surface area contributed by atoms with Crippen LogP contribution < -0.4 is 16.1 Å². The Morgan fingerprint density at radius 1 is 0.944 bits per heavy atom. The normalized spacial score (nSPS) is 17.5. The molecule has 0 radical (unpaired) electrons. The first kappa shape index (κ1) is 24.3. The molecule has 1 saturated carbocycles. The second kappa shape index (κ2) is 10.3. The van der Waals surface area contributed by atoms with Gasteiger partial charge in [0.2, 0.25) is 5.91 Å². The maximum Gasteiger partial charge on any atom is 0.332 e. The van der Waals surface area contributed by atoms with Crippen molar-refractivity contribution in [1.29, 1.82) is 0 Å². The van der Waals surface area contributed by atoms with Crippen molar-refractivity contribution in [2.75, 3.05) is 31.1 Å². The van der Waals surface area contributed by atoms with E-state index >= 15 is 0 Å². The van der Waals surface area contributed by atoms with E-state index < -0.39 is 0 Å². The number of para-hydroxylation sites is 2. The Morgan fingerprint density at radius 2 is 1.72 bits per heavy atom. The van der Waals surface area contributed by atoms with E-state index in [0.717, 1.165) is 27.8 Å². The van der Waals surface area contributed by atoms with E-state index in [1.165, 1.54) is 49.8 Å². The fourth-order valence-corrected chi connectivity index (χ4v) is 5.79. The minimum atomic E-state index is -0.337. The number of nitrogens with zero attached hydrogens (tertiary/aromatic N) is 6. The van der Waals surface area contributed by atoms with E-state index in [0.29, 0.717) is 50.9 Å². The molecular weight excluding hydrogens is 456 g/mol. The molecule has 0 N–H and O–H groups in total. The quantitative estimate of drug-likeness (QED) is 0.547. The molecule has 5 rings (SSSR count). The van der Waals surface area contributed by atoms with Gasteiger partial charge in [0.1, 0.15) is 11.6 Å². The Kier molecular flexibility index (Phi) is 6.98. The first-order chi connectivity index (χ1) is 17.4. The van der Waals surface area contributed by atoms with Crippen molar-refractivity contribution in [1.82, 2.24) is 23.6 Å². The molecule has 0 atom stereocenters. The summed E-state index contributed by atoms with van der Waals surface area (Å²) in [7, 11) is 3.17. The predicted octanol–water partition coefficient (Wildman–Crippen LogP) is 2.61. The number of anilines is 1. The Hall–Kier alpha value is -3.36. The smallest absolute Gasteiger partial charge is 0.332 e. The van der Waals surface area contributed by atoms with E-state index in [4.69, 9.17) is 4.98 Å². The van der Waals surface area contributed by atoms with Crippen molar-refractivity contribution in [3.63, 3.8) is 0 Å². The van der Waals surface area contributed by atoms with Crippen molar-refractivity contribution >= 4 is 22.8 Å². The summed E-state index contributed by atoms with van der Waals surface area (Å²) in [6.45, 7) is 3.17. The van der Waals surface area contributed by atoms with E-state index in [1.807, 2.05) is 21.9 Å². The Labute approximate surface area is 210 Å². The van der Waals surface area contributed by atoms with Gasteiger partial charge in [0.05, 0.1) is 11.0 Å². The van der Waals surface area contributed by atoms with Crippen LogP contribution in [0.3, 0.4) is 0 Å². The van der Waals surface area contributed by atoms with E-state index in [2.05, 4.69) is 16.7 Å². The lowest BCUT2D eigenvalue weighted by Crippen LogP contribution is -2.41. The van der Waals surface area contributed by atoms with E-state index in [1.54, 1.807) is 7.05 Å². The lowest BCUT2D eigenvalue weighted by Gasteiger charge is -2.25. The van der Waals surface area contributed by atoms with Gasteiger partial charge in [0.15, 0.2) is 0 Å². The number of aryl methyl sites for hydroxylation is 1. The summed E-state index contributed by atoms with van der Waals surface area (Å²) >= 11 is 0. The van der Waals surface area contributed by atoms with Gasteiger partial charge >= 0.3 is 5.69 Å². The third-order valence-corrected chi connectivity index (χ3v) is 7.88. The molecule has 1 saturated heterocycles. The monoisotopic (exact) mass is 492 g/mol. The molecule has 9 nitrogen and oxygen atoms in total. The lowest BCUT2D eigenvalue weighted by molar-refractivity contribution is -0.131. The molecule has 1 amide bonds. The first-order valence-electron chi connectivity index (χ1n) is 13.2. The minimum Gasteiger partial charge on any atom is -0.356 e. The van der Waals surface area contributed by atoms with Crippen LogP contribution in [0.2, 0.25) is 0 Å². The van der Waals surface area contributed by atoms with Crippen LogP contribution in [0.4, 0.5) is 5.82 Å². The molecule has 2 fully saturated rings. The highest BCUT2D eigenvalue weighted by Crippen LogP contribution is 2.34. The van der Waals surface area contributed by atoms with Crippen LogP contribution in [-0.4, -0.2) is 55.7 Å². The third-order valence-electron chi connectivity index (χ3n) is 7.88. The van der Waals surface area contributed by atoms with Crippen molar-refractivity contribution in [2.45, 2.75) is 57.4 Å². The number of hydrogen-bond donors (Lipinski definition) is 0. The Bertz CT molecular complexity index is 1360. The molecule has 0 spiro atoms. The topological polar surface area (TPSA) is 85.4 Å². The predicted molar refractivity (Wildman–Crippen MR) is 141 cm³/mol. The molecule has 9 heteroatoms. The molecule has 192 valence electrons. The fourth-order valence-electron chi connectivity index (χ4n) is 5.79. The van der Waals surface area contributed by atoms with Gasteiger partial charge in [-0.25, -0.2) is 9.78 Å². The largest absolute Gasteiger partial charge is 0.356 e. The zero-order valence-electron chi connectivity index (χ0n) is 21.4. The summed E-state index contributed by atoms with van der Waals surface area (Å²) in [5.74, 6) is 2.36. The van der Waals surface area contributed by atoms with Crippen LogP contribution in [0, 0.1) is 0 Å². The lowest BCUT2D eigenvalue weighted by atomic mass is 9.88. The molecule has 3 aromatic rings. The third kappa shape index (κ3) is 4.70. The number of carbonyl (C=O) groups is 1. The zero-order valence-corrected chi connectivity index (χ0v) is 21.4. The van der Waals surface area contributed by atoms with Crippen molar-refractivity contribution in [3.8, 4) is 0 Å². The number of hydrogen-bond acceptors (Lipinski definition) is 5. The van der Waals surface area contributed by atoms with Crippen LogP contribution in [0.25, 0.3) is 11.0 Å². The Balaban J connectivity index is 1.28. The number of imidazole rings is 1. The maximum atomic E-state index is 13.3. The van der Waals surface area contributed by atoms with E-state index in [-0.39, 0.29) is 17.2 Å². The molecule has 0 bridgehead atoms. The molecule has 1 aliphatic carbocycles. The van der Waals surface area contributed by atoms with Crippen molar-refractivity contribution in [2.24, 2.45) is 14.1 Å². The van der Waals surface area contributed by atoms with E-state index in [9.17, 15) is 14.4 Å². The fraction of sp³-hybridized carbons (Fsp3) is 0.556. The second-order valence-electron chi connectivity index (χ2n) is 10.2.